The van der Waals surface area contributed by atoms with Crippen molar-refractivity contribution < 1.29 is 13.2 Å². The van der Waals surface area contributed by atoms with Gasteiger partial charge < -0.3 is 5.32 Å². The first-order valence-electron chi connectivity index (χ1n) is 7.64. The van der Waals surface area contributed by atoms with Crippen molar-refractivity contribution in [3.8, 4) is 0 Å². The van der Waals surface area contributed by atoms with Gasteiger partial charge in [0.05, 0.1) is 11.8 Å². The predicted molar refractivity (Wildman–Crippen MR) is 86.9 cm³/mol. The molecule has 1 amide bonds. The second kappa shape index (κ2) is 6.79. The third-order valence-electron chi connectivity index (χ3n) is 4.12. The molecule has 6 heteroatoms. The number of sulfonamides is 1. The number of hydrogen-bond acceptors (Lipinski definition) is 3. The molecular weight excluding hydrogens is 300 g/mol. The summed E-state index contributed by atoms with van der Waals surface area (Å²) in [5.41, 5.74) is 2.03. The summed E-state index contributed by atoms with van der Waals surface area (Å²) in [6, 6.07) is 8.25. The maximum absolute atomic E-state index is 12.2. The maximum Gasteiger partial charge on any atom is 0.222 e. The number of aryl methyl sites for hydroxylation is 1. The second-order valence-electron chi connectivity index (χ2n) is 6.12. The maximum atomic E-state index is 12.2. The van der Waals surface area contributed by atoms with Crippen LogP contribution in [0.5, 0.6) is 0 Å². The molecule has 0 spiro atoms. The predicted octanol–water partition coefficient (Wildman–Crippen LogP) is 1.82. The molecule has 1 fully saturated rings. The van der Waals surface area contributed by atoms with E-state index in [2.05, 4.69) is 22.2 Å². The standard InChI is InChI=1S/C16H24N2O3S/c1-13-6-5-7-14(12-13)16(9-3-4-10-16)18-15(19)8-11-17-22(2,20)21/h5-7,12,17H,3-4,8-11H2,1-2H3,(H,18,19). The van der Waals surface area contributed by atoms with Crippen LogP contribution in [0.3, 0.4) is 0 Å². The zero-order chi connectivity index (χ0) is 16.2. The van der Waals surface area contributed by atoms with E-state index in [0.717, 1.165) is 37.5 Å². The van der Waals surface area contributed by atoms with Crippen LogP contribution in [-0.4, -0.2) is 27.1 Å². The zero-order valence-corrected chi connectivity index (χ0v) is 14.0. The molecule has 0 bridgehead atoms. The van der Waals surface area contributed by atoms with Crippen LogP contribution in [0.4, 0.5) is 0 Å². The summed E-state index contributed by atoms with van der Waals surface area (Å²) in [5, 5.41) is 3.15. The number of hydrogen-bond donors (Lipinski definition) is 2. The van der Waals surface area contributed by atoms with Crippen LogP contribution in [0.25, 0.3) is 0 Å². The van der Waals surface area contributed by atoms with Gasteiger partial charge in [0, 0.05) is 13.0 Å². The van der Waals surface area contributed by atoms with Gasteiger partial charge in [0.25, 0.3) is 0 Å². The average Bonchev–Trinajstić information content (AvgIpc) is 2.87. The molecule has 122 valence electrons. The molecule has 22 heavy (non-hydrogen) atoms. The lowest BCUT2D eigenvalue weighted by Gasteiger charge is -2.31. The summed E-state index contributed by atoms with van der Waals surface area (Å²) in [7, 11) is -3.25. The minimum Gasteiger partial charge on any atom is -0.347 e. The molecule has 0 saturated heterocycles. The van der Waals surface area contributed by atoms with Gasteiger partial charge in [0.2, 0.25) is 15.9 Å². The highest BCUT2D eigenvalue weighted by molar-refractivity contribution is 7.88. The summed E-state index contributed by atoms with van der Waals surface area (Å²) in [6.45, 7) is 2.18. The molecule has 2 N–H and O–H groups in total. The van der Waals surface area contributed by atoms with Gasteiger partial charge in [0.1, 0.15) is 0 Å². The topological polar surface area (TPSA) is 75.3 Å². The molecule has 1 aromatic rings. The van der Waals surface area contributed by atoms with E-state index >= 15 is 0 Å². The van der Waals surface area contributed by atoms with Gasteiger partial charge in [-0.1, -0.05) is 42.7 Å². The van der Waals surface area contributed by atoms with E-state index in [-0.39, 0.29) is 24.4 Å². The summed E-state index contributed by atoms with van der Waals surface area (Å²) < 4.78 is 24.4. The lowest BCUT2D eigenvalue weighted by atomic mass is 9.87. The monoisotopic (exact) mass is 324 g/mol. The summed E-state index contributed by atoms with van der Waals surface area (Å²) in [6.07, 6.45) is 5.30. The molecule has 1 aliphatic carbocycles. The average molecular weight is 324 g/mol. The number of rotatable bonds is 6. The van der Waals surface area contributed by atoms with Crippen molar-refractivity contribution in [2.75, 3.05) is 12.8 Å². The molecular formula is C16H24N2O3S. The van der Waals surface area contributed by atoms with E-state index in [9.17, 15) is 13.2 Å². The van der Waals surface area contributed by atoms with E-state index in [1.165, 1.54) is 5.56 Å². The summed E-state index contributed by atoms with van der Waals surface area (Å²) in [5.74, 6) is -0.112. The highest BCUT2D eigenvalue weighted by atomic mass is 32.2. The molecule has 0 unspecified atom stereocenters. The Hall–Kier alpha value is -1.40. The first kappa shape index (κ1) is 17.0. The van der Waals surface area contributed by atoms with Crippen molar-refractivity contribution in [3.63, 3.8) is 0 Å². The number of carbonyl (C=O) groups excluding carboxylic acids is 1. The number of amides is 1. The highest BCUT2D eigenvalue weighted by Crippen LogP contribution is 2.39. The Morgan fingerprint density at radius 2 is 1.95 bits per heavy atom. The fourth-order valence-corrected chi connectivity index (χ4v) is 3.56. The van der Waals surface area contributed by atoms with Crippen LogP contribution in [0.2, 0.25) is 0 Å². The molecule has 1 aromatic carbocycles. The Kier molecular flexibility index (Phi) is 5.24. The van der Waals surface area contributed by atoms with Gasteiger partial charge in [-0.25, -0.2) is 13.1 Å². The fraction of sp³-hybridized carbons (Fsp3) is 0.562. The van der Waals surface area contributed by atoms with E-state index < -0.39 is 10.0 Å². The molecule has 0 radical (unpaired) electrons. The second-order valence-corrected chi connectivity index (χ2v) is 7.96. The lowest BCUT2D eigenvalue weighted by Crippen LogP contribution is -2.44. The highest BCUT2D eigenvalue weighted by Gasteiger charge is 2.36. The number of nitrogens with one attached hydrogen (secondary N) is 2. The normalized spacial score (nSPS) is 17.4. The van der Waals surface area contributed by atoms with Crippen molar-refractivity contribution in [1.82, 2.24) is 10.0 Å². The van der Waals surface area contributed by atoms with Crippen LogP contribution in [0.1, 0.15) is 43.2 Å². The minimum absolute atomic E-state index is 0.112. The van der Waals surface area contributed by atoms with Gasteiger partial charge in [0.15, 0.2) is 0 Å². The van der Waals surface area contributed by atoms with Gasteiger partial charge in [-0.15, -0.1) is 0 Å². The summed E-state index contributed by atoms with van der Waals surface area (Å²) >= 11 is 0. The van der Waals surface area contributed by atoms with Gasteiger partial charge >= 0.3 is 0 Å². The van der Waals surface area contributed by atoms with Crippen molar-refractivity contribution >= 4 is 15.9 Å². The minimum atomic E-state index is -3.25. The fourth-order valence-electron chi connectivity index (χ4n) is 3.09. The Labute approximate surface area is 132 Å². The van der Waals surface area contributed by atoms with Gasteiger partial charge in [-0.05, 0) is 25.3 Å². The quantitative estimate of drug-likeness (QED) is 0.838. The van der Waals surface area contributed by atoms with Crippen molar-refractivity contribution in [2.24, 2.45) is 0 Å². The molecule has 0 heterocycles. The molecule has 0 aromatic heterocycles. The van der Waals surface area contributed by atoms with Crippen LogP contribution in [0, 0.1) is 6.92 Å². The SMILES string of the molecule is Cc1cccc(C2(NC(=O)CCNS(C)(=O)=O)CCCC2)c1. The van der Waals surface area contributed by atoms with Crippen LogP contribution < -0.4 is 10.0 Å². The van der Waals surface area contributed by atoms with Crippen LogP contribution in [-0.2, 0) is 20.4 Å². The molecule has 0 atom stereocenters. The van der Waals surface area contributed by atoms with Crippen LogP contribution >= 0.6 is 0 Å². The van der Waals surface area contributed by atoms with E-state index in [4.69, 9.17) is 0 Å². The Bertz CT molecular complexity index is 635. The third kappa shape index (κ3) is 4.55. The molecule has 0 aliphatic heterocycles. The van der Waals surface area contributed by atoms with Gasteiger partial charge in [-0.2, -0.15) is 0 Å². The molecule has 5 nitrogen and oxygen atoms in total. The summed E-state index contributed by atoms with van der Waals surface area (Å²) in [4.78, 5) is 12.2. The lowest BCUT2D eigenvalue weighted by molar-refractivity contribution is -0.123. The molecule has 2 rings (SSSR count). The number of carbonyl (C=O) groups is 1. The van der Waals surface area contributed by atoms with Crippen LogP contribution in [0.15, 0.2) is 24.3 Å². The van der Waals surface area contributed by atoms with Crippen molar-refractivity contribution in [1.29, 1.82) is 0 Å². The van der Waals surface area contributed by atoms with Crippen molar-refractivity contribution in [3.05, 3.63) is 35.4 Å². The first-order valence-corrected chi connectivity index (χ1v) is 9.53. The molecule has 1 aliphatic rings. The Balaban J connectivity index is 2.04. The number of benzene rings is 1. The Morgan fingerprint density at radius 3 is 2.55 bits per heavy atom. The molecule has 1 saturated carbocycles. The van der Waals surface area contributed by atoms with E-state index in [1.807, 2.05) is 19.1 Å². The Morgan fingerprint density at radius 1 is 1.27 bits per heavy atom. The third-order valence-corrected chi connectivity index (χ3v) is 4.85. The van der Waals surface area contributed by atoms with E-state index in [0.29, 0.717) is 0 Å². The van der Waals surface area contributed by atoms with Gasteiger partial charge in [-0.3, -0.25) is 4.79 Å². The van der Waals surface area contributed by atoms with Crippen molar-refractivity contribution in [2.45, 2.75) is 44.6 Å². The largest absolute Gasteiger partial charge is 0.347 e. The first-order chi connectivity index (χ1) is 10.3. The van der Waals surface area contributed by atoms with E-state index in [1.54, 1.807) is 0 Å². The smallest absolute Gasteiger partial charge is 0.222 e. The zero-order valence-electron chi connectivity index (χ0n) is 13.2.